The maximum absolute atomic E-state index is 11.1. The Bertz CT molecular complexity index is 765. The van der Waals surface area contributed by atoms with Crippen LogP contribution in [0.25, 0.3) is 0 Å². The zero-order valence-electron chi connectivity index (χ0n) is 13.9. The minimum Gasteiger partial charge on any atom is -0.490 e. The van der Waals surface area contributed by atoms with Crippen molar-refractivity contribution in [3.8, 4) is 11.5 Å². The maximum atomic E-state index is 11.1. The molecule has 0 unspecified atom stereocenters. The van der Waals surface area contributed by atoms with Gasteiger partial charge in [0, 0.05) is 17.6 Å². The van der Waals surface area contributed by atoms with E-state index in [2.05, 4.69) is 5.32 Å². The highest BCUT2D eigenvalue weighted by molar-refractivity contribution is 6.33. The molecule has 7 heteroatoms. The molecule has 0 aliphatic carbocycles. The molecule has 0 radical (unpaired) electrons. The van der Waals surface area contributed by atoms with Crippen molar-refractivity contribution in [3.63, 3.8) is 0 Å². The first-order valence-corrected chi connectivity index (χ1v) is 8.56. The topological polar surface area (TPSA) is 67.8 Å². The van der Waals surface area contributed by atoms with E-state index in [0.717, 1.165) is 5.56 Å². The van der Waals surface area contributed by atoms with Crippen molar-refractivity contribution in [2.45, 2.75) is 20.4 Å². The summed E-state index contributed by atoms with van der Waals surface area (Å²) in [5.74, 6) is 0.178. The Morgan fingerprint density at radius 3 is 2.28 bits per heavy atom. The number of nitrogens with one attached hydrogen (secondary N) is 1. The first kappa shape index (κ1) is 19.2. The van der Waals surface area contributed by atoms with Crippen LogP contribution in [0.15, 0.2) is 30.3 Å². The van der Waals surface area contributed by atoms with Crippen molar-refractivity contribution in [1.82, 2.24) is 0 Å². The van der Waals surface area contributed by atoms with Crippen LogP contribution in [0.3, 0.4) is 0 Å². The Morgan fingerprint density at radius 1 is 1.04 bits per heavy atom. The summed E-state index contributed by atoms with van der Waals surface area (Å²) in [5.41, 5.74) is 1.45. The summed E-state index contributed by atoms with van der Waals surface area (Å²) in [7, 11) is 0. The second-order valence-corrected chi connectivity index (χ2v) is 5.92. The largest absolute Gasteiger partial charge is 0.490 e. The van der Waals surface area contributed by atoms with Crippen LogP contribution in [0.2, 0.25) is 10.0 Å². The van der Waals surface area contributed by atoms with Crippen molar-refractivity contribution in [2.75, 3.05) is 18.5 Å². The van der Waals surface area contributed by atoms with Gasteiger partial charge in [0.1, 0.15) is 0 Å². The number of carbonyl (C=O) groups is 1. The number of hydrogen-bond acceptors (Lipinski definition) is 4. The number of ether oxygens (including phenoxy) is 2. The third kappa shape index (κ3) is 4.94. The fraction of sp³-hybridized carbons (Fsp3) is 0.278. The lowest BCUT2D eigenvalue weighted by molar-refractivity contribution is 0.0697. The third-order valence-corrected chi connectivity index (χ3v) is 4.08. The molecule has 2 N–H and O–H groups in total. The highest BCUT2D eigenvalue weighted by Gasteiger charge is 2.12. The predicted octanol–water partition coefficient (Wildman–Crippen LogP) is 5.10. The predicted molar refractivity (Wildman–Crippen MR) is 99.5 cm³/mol. The quantitative estimate of drug-likeness (QED) is 0.663. The molecule has 134 valence electrons. The lowest BCUT2D eigenvalue weighted by atomic mass is 10.1. The summed E-state index contributed by atoms with van der Waals surface area (Å²) in [6.45, 7) is 5.14. The van der Waals surface area contributed by atoms with E-state index in [1.807, 2.05) is 13.8 Å². The molecule has 0 aromatic heterocycles. The van der Waals surface area contributed by atoms with Crippen LogP contribution in [0.1, 0.15) is 29.8 Å². The number of hydrogen-bond donors (Lipinski definition) is 2. The fourth-order valence-electron chi connectivity index (χ4n) is 2.23. The first-order chi connectivity index (χ1) is 12.0. The Balaban J connectivity index is 2.24. The van der Waals surface area contributed by atoms with Gasteiger partial charge in [-0.3, -0.25) is 0 Å². The molecule has 0 aliphatic heterocycles. The number of rotatable bonds is 8. The lowest BCUT2D eigenvalue weighted by Gasteiger charge is -2.15. The zero-order valence-corrected chi connectivity index (χ0v) is 15.4. The summed E-state index contributed by atoms with van der Waals surface area (Å²) >= 11 is 12.4. The molecule has 0 fully saturated rings. The van der Waals surface area contributed by atoms with Crippen LogP contribution < -0.4 is 14.8 Å². The van der Waals surface area contributed by atoms with Gasteiger partial charge in [-0.05, 0) is 43.7 Å². The van der Waals surface area contributed by atoms with Crippen LogP contribution in [-0.2, 0) is 6.54 Å². The van der Waals surface area contributed by atoms with Gasteiger partial charge >= 0.3 is 5.97 Å². The van der Waals surface area contributed by atoms with Gasteiger partial charge in [0.2, 0.25) is 0 Å². The highest BCUT2D eigenvalue weighted by atomic mass is 35.5. The van der Waals surface area contributed by atoms with Crippen molar-refractivity contribution >= 4 is 34.9 Å². The van der Waals surface area contributed by atoms with E-state index in [0.29, 0.717) is 47.0 Å². The maximum Gasteiger partial charge on any atom is 0.335 e. The van der Waals surface area contributed by atoms with Gasteiger partial charge in [-0.25, -0.2) is 4.79 Å². The summed E-state index contributed by atoms with van der Waals surface area (Å²) < 4.78 is 11.1. The van der Waals surface area contributed by atoms with E-state index in [1.165, 1.54) is 12.1 Å². The second-order valence-electron chi connectivity index (χ2n) is 5.11. The van der Waals surface area contributed by atoms with Crippen LogP contribution >= 0.6 is 23.2 Å². The molecule has 0 saturated heterocycles. The van der Waals surface area contributed by atoms with Gasteiger partial charge in [0.15, 0.2) is 11.5 Å². The fourth-order valence-corrected chi connectivity index (χ4v) is 2.64. The molecule has 0 aliphatic rings. The number of benzene rings is 2. The standard InChI is InChI=1S/C18H19Cl2NO4/c1-3-24-16-8-12(14(20)9-17(16)25-4-2)10-21-15-7-11(18(22)23)5-6-13(15)19/h5-9,21H,3-4,10H2,1-2H3,(H,22,23). The minimum atomic E-state index is -1.02. The molecule has 2 rings (SSSR count). The summed E-state index contributed by atoms with van der Waals surface area (Å²) in [6.07, 6.45) is 0. The average Bonchev–Trinajstić information content (AvgIpc) is 2.57. The lowest BCUT2D eigenvalue weighted by Crippen LogP contribution is -2.05. The Morgan fingerprint density at radius 2 is 1.68 bits per heavy atom. The second kappa shape index (κ2) is 8.83. The van der Waals surface area contributed by atoms with Crippen molar-refractivity contribution in [2.24, 2.45) is 0 Å². The van der Waals surface area contributed by atoms with Crippen LogP contribution in [-0.4, -0.2) is 24.3 Å². The average molecular weight is 384 g/mol. The van der Waals surface area contributed by atoms with Crippen molar-refractivity contribution < 1.29 is 19.4 Å². The Hall–Kier alpha value is -2.11. The summed E-state index contributed by atoms with van der Waals surface area (Å²) in [6, 6.07) is 7.99. The van der Waals surface area contributed by atoms with Gasteiger partial charge in [0.25, 0.3) is 0 Å². The van der Waals surface area contributed by atoms with E-state index in [9.17, 15) is 4.79 Å². The first-order valence-electron chi connectivity index (χ1n) is 7.81. The van der Waals surface area contributed by atoms with Gasteiger partial charge in [-0.2, -0.15) is 0 Å². The van der Waals surface area contributed by atoms with Gasteiger partial charge in [0.05, 0.1) is 29.5 Å². The molecule has 0 bridgehead atoms. The highest BCUT2D eigenvalue weighted by Crippen LogP contribution is 2.34. The number of carboxylic acids is 1. The zero-order chi connectivity index (χ0) is 18.4. The van der Waals surface area contributed by atoms with E-state index in [-0.39, 0.29) is 5.56 Å². The van der Waals surface area contributed by atoms with E-state index < -0.39 is 5.97 Å². The normalized spacial score (nSPS) is 10.4. The Kier molecular flexibility index (Phi) is 6.79. The molecule has 0 spiro atoms. The van der Waals surface area contributed by atoms with E-state index in [1.54, 1.807) is 18.2 Å². The summed E-state index contributed by atoms with van der Waals surface area (Å²) in [5, 5.41) is 13.1. The molecule has 5 nitrogen and oxygen atoms in total. The smallest absolute Gasteiger partial charge is 0.335 e. The van der Waals surface area contributed by atoms with Gasteiger partial charge in [-0.15, -0.1) is 0 Å². The van der Waals surface area contributed by atoms with Crippen LogP contribution in [0.5, 0.6) is 11.5 Å². The van der Waals surface area contributed by atoms with Gasteiger partial charge < -0.3 is 19.9 Å². The number of carboxylic acid groups (broad SMARTS) is 1. The molecule has 2 aromatic carbocycles. The van der Waals surface area contributed by atoms with E-state index >= 15 is 0 Å². The monoisotopic (exact) mass is 383 g/mol. The van der Waals surface area contributed by atoms with Gasteiger partial charge in [-0.1, -0.05) is 23.2 Å². The molecular formula is C18H19Cl2NO4. The van der Waals surface area contributed by atoms with Crippen molar-refractivity contribution in [1.29, 1.82) is 0 Å². The van der Waals surface area contributed by atoms with Crippen molar-refractivity contribution in [3.05, 3.63) is 51.5 Å². The van der Waals surface area contributed by atoms with Crippen LogP contribution in [0, 0.1) is 0 Å². The summed E-state index contributed by atoms with van der Waals surface area (Å²) in [4.78, 5) is 11.1. The van der Waals surface area contributed by atoms with E-state index in [4.69, 9.17) is 37.8 Å². The molecule has 2 aromatic rings. The Labute approximate surface area is 156 Å². The van der Waals surface area contributed by atoms with Crippen LogP contribution in [0.4, 0.5) is 5.69 Å². The minimum absolute atomic E-state index is 0.152. The molecular weight excluding hydrogens is 365 g/mol. The molecule has 0 atom stereocenters. The molecule has 25 heavy (non-hydrogen) atoms. The number of anilines is 1. The number of halogens is 2. The SMILES string of the molecule is CCOc1cc(Cl)c(CNc2cc(C(=O)O)ccc2Cl)cc1OCC. The molecule has 0 amide bonds. The number of aromatic carboxylic acids is 1. The molecule has 0 saturated carbocycles. The molecule has 0 heterocycles. The third-order valence-electron chi connectivity index (χ3n) is 3.40.